The number of carbonyl (C=O) groups excluding carboxylic acids is 1. The van der Waals surface area contributed by atoms with E-state index in [-0.39, 0.29) is 5.78 Å². The van der Waals surface area contributed by atoms with Gasteiger partial charge in [-0.3, -0.25) is 4.79 Å². The third-order valence-electron chi connectivity index (χ3n) is 2.80. The molecule has 0 spiro atoms. The highest BCUT2D eigenvalue weighted by Crippen LogP contribution is 2.26. The van der Waals surface area contributed by atoms with Gasteiger partial charge >= 0.3 is 0 Å². The van der Waals surface area contributed by atoms with Crippen molar-refractivity contribution in [2.75, 3.05) is 6.61 Å². The molecule has 0 unspecified atom stereocenters. The second-order valence-electron chi connectivity index (χ2n) is 4.24. The predicted molar refractivity (Wildman–Crippen MR) is 79.9 cm³/mol. The van der Waals surface area contributed by atoms with Crippen molar-refractivity contribution in [3.8, 4) is 5.75 Å². The van der Waals surface area contributed by atoms with Crippen molar-refractivity contribution in [3.05, 3.63) is 63.6 Å². The minimum absolute atomic E-state index is 0.0316. The lowest BCUT2D eigenvalue weighted by atomic mass is 10.0. The van der Waals surface area contributed by atoms with E-state index in [0.717, 1.165) is 10.0 Å². The van der Waals surface area contributed by atoms with Gasteiger partial charge in [-0.15, -0.1) is 0 Å². The van der Waals surface area contributed by atoms with E-state index in [1.165, 1.54) is 0 Å². The molecule has 0 amide bonds. The lowest BCUT2D eigenvalue weighted by molar-refractivity contribution is 0.103. The van der Waals surface area contributed by atoms with E-state index < -0.39 is 0 Å². The lowest BCUT2D eigenvalue weighted by Crippen LogP contribution is -2.06. The Bertz CT molecular complexity index is 605. The maximum Gasteiger partial charge on any atom is 0.197 e. The monoisotopic (exact) mass is 318 g/mol. The lowest BCUT2D eigenvalue weighted by Gasteiger charge is -2.10. The third-order valence-corrected chi connectivity index (χ3v) is 3.46. The highest BCUT2D eigenvalue weighted by Gasteiger charge is 2.16. The third kappa shape index (κ3) is 3.04. The zero-order chi connectivity index (χ0) is 13.8. The Labute approximate surface area is 121 Å². The van der Waals surface area contributed by atoms with Crippen LogP contribution in [0, 0.1) is 6.92 Å². The molecule has 2 aromatic carbocycles. The largest absolute Gasteiger partial charge is 0.493 e. The van der Waals surface area contributed by atoms with Crippen molar-refractivity contribution in [2.24, 2.45) is 0 Å². The SMILES string of the molecule is CCOc1ccccc1C(=O)c1ccc(C)cc1Br. The first-order valence-electron chi connectivity index (χ1n) is 6.16. The van der Waals surface area contributed by atoms with Gasteiger partial charge in [0.2, 0.25) is 0 Å². The van der Waals surface area contributed by atoms with E-state index in [1.54, 1.807) is 6.07 Å². The quantitative estimate of drug-likeness (QED) is 0.782. The van der Waals surface area contributed by atoms with Crippen LogP contribution in [0.3, 0.4) is 0 Å². The van der Waals surface area contributed by atoms with E-state index in [1.807, 2.05) is 50.2 Å². The molecule has 0 aliphatic carbocycles. The number of hydrogen-bond acceptors (Lipinski definition) is 2. The summed E-state index contributed by atoms with van der Waals surface area (Å²) in [5, 5.41) is 0. The number of halogens is 1. The number of carbonyl (C=O) groups is 1. The number of benzene rings is 2. The Hall–Kier alpha value is -1.61. The molecule has 98 valence electrons. The molecule has 0 N–H and O–H groups in total. The van der Waals surface area contributed by atoms with Crippen molar-refractivity contribution >= 4 is 21.7 Å². The first kappa shape index (κ1) is 13.8. The van der Waals surface area contributed by atoms with Gasteiger partial charge in [-0.1, -0.05) is 34.1 Å². The number of rotatable bonds is 4. The van der Waals surface area contributed by atoms with Gasteiger partial charge in [0.15, 0.2) is 5.78 Å². The average molecular weight is 319 g/mol. The van der Waals surface area contributed by atoms with Gasteiger partial charge in [-0.05, 0) is 43.7 Å². The average Bonchev–Trinajstić information content (AvgIpc) is 2.39. The Morgan fingerprint density at radius 1 is 1.16 bits per heavy atom. The summed E-state index contributed by atoms with van der Waals surface area (Å²) in [6, 6.07) is 13.0. The predicted octanol–water partition coefficient (Wildman–Crippen LogP) is 4.39. The van der Waals surface area contributed by atoms with E-state index in [9.17, 15) is 4.79 Å². The van der Waals surface area contributed by atoms with E-state index in [4.69, 9.17) is 4.74 Å². The van der Waals surface area contributed by atoms with Crippen LogP contribution in [0.25, 0.3) is 0 Å². The van der Waals surface area contributed by atoms with Gasteiger partial charge in [0.25, 0.3) is 0 Å². The normalized spacial score (nSPS) is 10.3. The number of ether oxygens (including phenoxy) is 1. The van der Waals surface area contributed by atoms with Crippen LogP contribution >= 0.6 is 15.9 Å². The van der Waals surface area contributed by atoms with Crippen LogP contribution in [0.4, 0.5) is 0 Å². The van der Waals surface area contributed by atoms with Crippen molar-refractivity contribution in [2.45, 2.75) is 13.8 Å². The van der Waals surface area contributed by atoms with Gasteiger partial charge in [-0.2, -0.15) is 0 Å². The molecular weight excluding hydrogens is 304 g/mol. The summed E-state index contributed by atoms with van der Waals surface area (Å²) in [6.45, 7) is 4.44. The van der Waals surface area contributed by atoms with Gasteiger partial charge in [0.1, 0.15) is 5.75 Å². The second-order valence-corrected chi connectivity index (χ2v) is 5.10. The smallest absolute Gasteiger partial charge is 0.197 e. The zero-order valence-corrected chi connectivity index (χ0v) is 12.5. The van der Waals surface area contributed by atoms with Gasteiger partial charge in [0, 0.05) is 10.0 Å². The summed E-state index contributed by atoms with van der Waals surface area (Å²) >= 11 is 3.45. The molecule has 0 radical (unpaired) electrons. The number of hydrogen-bond donors (Lipinski definition) is 0. The molecule has 3 heteroatoms. The number of aryl methyl sites for hydroxylation is 1. The topological polar surface area (TPSA) is 26.3 Å². The molecule has 0 atom stereocenters. The molecule has 0 fully saturated rings. The Morgan fingerprint density at radius 2 is 1.89 bits per heavy atom. The Morgan fingerprint density at radius 3 is 2.58 bits per heavy atom. The van der Waals surface area contributed by atoms with E-state index in [2.05, 4.69) is 15.9 Å². The summed E-state index contributed by atoms with van der Waals surface area (Å²) in [6.07, 6.45) is 0. The molecule has 2 nitrogen and oxygen atoms in total. The maximum absolute atomic E-state index is 12.6. The second kappa shape index (κ2) is 6.02. The minimum atomic E-state index is -0.0316. The molecule has 0 saturated carbocycles. The van der Waals surface area contributed by atoms with Crippen LogP contribution < -0.4 is 4.74 Å². The molecule has 0 bridgehead atoms. The molecule has 0 aliphatic rings. The number of para-hydroxylation sites is 1. The van der Waals surface area contributed by atoms with Crippen molar-refractivity contribution in [1.29, 1.82) is 0 Å². The van der Waals surface area contributed by atoms with Crippen molar-refractivity contribution in [1.82, 2.24) is 0 Å². The summed E-state index contributed by atoms with van der Waals surface area (Å²) in [7, 11) is 0. The molecule has 0 heterocycles. The molecule has 2 rings (SSSR count). The minimum Gasteiger partial charge on any atom is -0.493 e. The van der Waals surface area contributed by atoms with Gasteiger partial charge in [0.05, 0.1) is 12.2 Å². The fraction of sp³-hybridized carbons (Fsp3) is 0.188. The molecule has 19 heavy (non-hydrogen) atoms. The van der Waals surface area contributed by atoms with E-state index >= 15 is 0 Å². The van der Waals surface area contributed by atoms with Gasteiger partial charge < -0.3 is 4.74 Å². The van der Waals surface area contributed by atoms with Crippen LogP contribution in [0.15, 0.2) is 46.9 Å². The fourth-order valence-electron chi connectivity index (χ4n) is 1.88. The Balaban J connectivity index is 2.44. The molecule has 0 aromatic heterocycles. The molecule has 2 aromatic rings. The van der Waals surface area contributed by atoms with Crippen molar-refractivity contribution < 1.29 is 9.53 Å². The van der Waals surface area contributed by atoms with Crippen LogP contribution in [0.2, 0.25) is 0 Å². The summed E-state index contributed by atoms with van der Waals surface area (Å²) in [5.41, 5.74) is 2.35. The summed E-state index contributed by atoms with van der Waals surface area (Å²) in [4.78, 5) is 12.6. The molecule has 0 aliphatic heterocycles. The van der Waals surface area contributed by atoms with E-state index in [0.29, 0.717) is 23.5 Å². The highest BCUT2D eigenvalue weighted by molar-refractivity contribution is 9.10. The van der Waals surface area contributed by atoms with Gasteiger partial charge in [-0.25, -0.2) is 0 Å². The van der Waals surface area contributed by atoms with Crippen LogP contribution in [0.5, 0.6) is 5.75 Å². The Kier molecular flexibility index (Phi) is 4.38. The molecule has 0 saturated heterocycles. The first-order valence-corrected chi connectivity index (χ1v) is 6.95. The highest BCUT2D eigenvalue weighted by atomic mass is 79.9. The fourth-order valence-corrected chi connectivity index (χ4v) is 2.56. The van der Waals surface area contributed by atoms with Crippen LogP contribution in [0.1, 0.15) is 28.4 Å². The molecular formula is C16H15BrO2. The van der Waals surface area contributed by atoms with Crippen LogP contribution in [-0.4, -0.2) is 12.4 Å². The zero-order valence-electron chi connectivity index (χ0n) is 10.9. The maximum atomic E-state index is 12.6. The number of ketones is 1. The first-order chi connectivity index (χ1) is 9.13. The van der Waals surface area contributed by atoms with Crippen LogP contribution in [-0.2, 0) is 0 Å². The standard InChI is InChI=1S/C16H15BrO2/c1-3-19-15-7-5-4-6-13(15)16(18)12-9-8-11(2)10-14(12)17/h4-10H,3H2,1-2H3. The van der Waals surface area contributed by atoms with Crippen molar-refractivity contribution in [3.63, 3.8) is 0 Å². The summed E-state index contributed by atoms with van der Waals surface area (Å²) in [5.74, 6) is 0.596. The summed E-state index contributed by atoms with van der Waals surface area (Å²) < 4.78 is 6.32.